The van der Waals surface area contributed by atoms with Gasteiger partial charge in [0.15, 0.2) is 0 Å². The quantitative estimate of drug-likeness (QED) is 0.498. The molecular formula is C23H23N7O2. The number of anilines is 1. The monoisotopic (exact) mass is 429 g/mol. The Morgan fingerprint density at radius 2 is 1.97 bits per heavy atom. The van der Waals surface area contributed by atoms with E-state index in [1.54, 1.807) is 11.1 Å². The Morgan fingerprint density at radius 3 is 2.75 bits per heavy atom. The Balaban J connectivity index is 1.54. The van der Waals surface area contributed by atoms with Gasteiger partial charge in [-0.1, -0.05) is 12.6 Å². The van der Waals surface area contributed by atoms with Crippen LogP contribution in [0.2, 0.25) is 0 Å². The molecule has 1 amide bonds. The molecule has 3 aromatic heterocycles. The zero-order chi connectivity index (χ0) is 22.2. The molecule has 0 saturated carbocycles. The fraction of sp³-hybridized carbons (Fsp3) is 0.261. The van der Waals surface area contributed by atoms with Crippen molar-refractivity contribution < 1.29 is 9.53 Å². The number of nitrogens with one attached hydrogen (secondary N) is 1. The second kappa shape index (κ2) is 7.92. The number of rotatable bonds is 4. The summed E-state index contributed by atoms with van der Waals surface area (Å²) < 4.78 is 6.34. The number of aromatic nitrogens is 5. The molecule has 0 unspecified atom stereocenters. The van der Waals surface area contributed by atoms with Crippen molar-refractivity contribution in [3.05, 3.63) is 54.6 Å². The third-order valence-corrected chi connectivity index (χ3v) is 5.73. The van der Waals surface area contributed by atoms with Crippen molar-refractivity contribution in [2.24, 2.45) is 0 Å². The lowest BCUT2D eigenvalue weighted by Gasteiger charge is -2.35. The van der Waals surface area contributed by atoms with Crippen molar-refractivity contribution >= 4 is 33.5 Å². The molecule has 32 heavy (non-hydrogen) atoms. The number of hydrogen-bond acceptors (Lipinski definition) is 7. The highest BCUT2D eigenvalue weighted by Gasteiger charge is 2.23. The van der Waals surface area contributed by atoms with E-state index in [4.69, 9.17) is 4.74 Å². The van der Waals surface area contributed by atoms with Gasteiger partial charge in [0.2, 0.25) is 11.8 Å². The lowest BCUT2D eigenvalue weighted by molar-refractivity contribution is -0.126. The molecule has 9 nitrogen and oxygen atoms in total. The maximum Gasteiger partial charge on any atom is 0.246 e. The molecule has 0 radical (unpaired) electrons. The van der Waals surface area contributed by atoms with Crippen LogP contribution in [-0.4, -0.2) is 62.1 Å². The van der Waals surface area contributed by atoms with Crippen LogP contribution in [0.25, 0.3) is 21.8 Å². The highest BCUT2D eigenvalue weighted by atomic mass is 16.5. The molecule has 4 heterocycles. The molecule has 1 aliphatic rings. The van der Waals surface area contributed by atoms with E-state index in [0.29, 0.717) is 43.3 Å². The molecule has 0 spiro atoms. The van der Waals surface area contributed by atoms with Crippen LogP contribution < -0.4 is 9.64 Å². The number of fused-ring (bicyclic) bond motifs is 2. The zero-order valence-electron chi connectivity index (χ0n) is 18.0. The highest BCUT2D eigenvalue weighted by molar-refractivity contribution is 5.94. The summed E-state index contributed by atoms with van der Waals surface area (Å²) in [4.78, 5) is 29.6. The Kier molecular flexibility index (Phi) is 4.93. The Bertz CT molecular complexity index is 1340. The van der Waals surface area contributed by atoms with Crippen LogP contribution in [-0.2, 0) is 4.79 Å². The third-order valence-electron chi connectivity index (χ3n) is 5.73. The number of piperazine rings is 1. The van der Waals surface area contributed by atoms with Crippen molar-refractivity contribution in [3.63, 3.8) is 0 Å². The van der Waals surface area contributed by atoms with E-state index in [9.17, 15) is 4.79 Å². The van der Waals surface area contributed by atoms with Gasteiger partial charge in [-0.2, -0.15) is 5.10 Å². The summed E-state index contributed by atoms with van der Waals surface area (Å²) in [6.45, 7) is 10.1. The van der Waals surface area contributed by atoms with E-state index in [0.717, 1.165) is 33.4 Å². The minimum Gasteiger partial charge on any atom is -0.436 e. The normalized spacial score (nSPS) is 14.2. The predicted octanol–water partition coefficient (Wildman–Crippen LogP) is 3.14. The summed E-state index contributed by atoms with van der Waals surface area (Å²) in [5, 5.41) is 8.86. The summed E-state index contributed by atoms with van der Waals surface area (Å²) in [6.07, 6.45) is 4.64. The molecule has 0 atom stereocenters. The van der Waals surface area contributed by atoms with Crippen LogP contribution in [0.15, 0.2) is 43.4 Å². The molecule has 9 heteroatoms. The molecule has 5 rings (SSSR count). The molecular weight excluding hydrogens is 406 g/mol. The summed E-state index contributed by atoms with van der Waals surface area (Å²) >= 11 is 0. The van der Waals surface area contributed by atoms with E-state index in [1.807, 2.05) is 32.0 Å². The van der Waals surface area contributed by atoms with Gasteiger partial charge in [0, 0.05) is 31.9 Å². The van der Waals surface area contributed by atoms with Crippen LogP contribution in [0.3, 0.4) is 0 Å². The molecule has 1 aromatic carbocycles. The highest BCUT2D eigenvalue weighted by Crippen LogP contribution is 2.36. The minimum absolute atomic E-state index is 0.0447. The predicted molar refractivity (Wildman–Crippen MR) is 122 cm³/mol. The van der Waals surface area contributed by atoms with Crippen LogP contribution in [0.4, 0.5) is 5.82 Å². The third kappa shape index (κ3) is 3.41. The number of aromatic amines is 1. The number of benzene rings is 1. The number of amides is 1. The van der Waals surface area contributed by atoms with Gasteiger partial charge in [-0.15, -0.1) is 0 Å². The number of hydrogen-bond donors (Lipinski definition) is 1. The average molecular weight is 429 g/mol. The molecule has 1 N–H and O–H groups in total. The first-order valence-corrected chi connectivity index (χ1v) is 10.4. The zero-order valence-corrected chi connectivity index (χ0v) is 18.0. The summed E-state index contributed by atoms with van der Waals surface area (Å²) in [5.74, 6) is 1.90. The van der Waals surface area contributed by atoms with Gasteiger partial charge in [0.05, 0.1) is 22.5 Å². The van der Waals surface area contributed by atoms with Gasteiger partial charge in [-0.25, -0.2) is 15.0 Å². The summed E-state index contributed by atoms with van der Waals surface area (Å²) in [7, 11) is 0. The Morgan fingerprint density at radius 1 is 1.16 bits per heavy atom. The average Bonchev–Trinajstić information content (AvgIpc) is 3.29. The van der Waals surface area contributed by atoms with Gasteiger partial charge in [-0.3, -0.25) is 9.89 Å². The van der Waals surface area contributed by atoms with Gasteiger partial charge in [-0.05, 0) is 37.6 Å². The number of nitrogens with zero attached hydrogens (tertiary/aromatic N) is 6. The van der Waals surface area contributed by atoms with Crippen molar-refractivity contribution in [2.45, 2.75) is 13.8 Å². The van der Waals surface area contributed by atoms with E-state index in [-0.39, 0.29) is 5.91 Å². The van der Waals surface area contributed by atoms with Crippen molar-refractivity contribution in [3.8, 4) is 11.6 Å². The number of aryl methyl sites for hydroxylation is 2. The minimum atomic E-state index is -0.0447. The topological polar surface area (TPSA) is 100 Å². The smallest absolute Gasteiger partial charge is 0.246 e. The fourth-order valence-electron chi connectivity index (χ4n) is 4.07. The molecule has 162 valence electrons. The lowest BCUT2D eigenvalue weighted by Crippen LogP contribution is -2.48. The van der Waals surface area contributed by atoms with E-state index >= 15 is 0 Å². The second-order valence-electron chi connectivity index (χ2n) is 7.82. The summed E-state index contributed by atoms with van der Waals surface area (Å²) in [6, 6.07) is 5.94. The van der Waals surface area contributed by atoms with Gasteiger partial charge in [0.1, 0.15) is 23.4 Å². The molecule has 1 saturated heterocycles. The van der Waals surface area contributed by atoms with E-state index in [1.165, 1.54) is 12.4 Å². The van der Waals surface area contributed by atoms with Crippen molar-refractivity contribution in [1.29, 1.82) is 0 Å². The Labute approximate surface area is 184 Å². The molecule has 1 aliphatic heterocycles. The standard InChI is InChI=1S/C23H23N7O2/c1-4-19(31)29-7-9-30(10-8-29)22-16-11-15(3)27-23(20(16)24-13-25-22)32-21-14(2)5-6-18-17(21)12-26-28-18/h4-6,11-13H,1,7-10H2,2-3H3,(H,26,28). The number of pyridine rings is 1. The first-order chi connectivity index (χ1) is 15.5. The lowest BCUT2D eigenvalue weighted by atomic mass is 10.1. The van der Waals surface area contributed by atoms with Crippen LogP contribution in [0.5, 0.6) is 11.6 Å². The van der Waals surface area contributed by atoms with Crippen molar-refractivity contribution in [2.75, 3.05) is 31.1 Å². The van der Waals surface area contributed by atoms with Crippen LogP contribution in [0.1, 0.15) is 11.3 Å². The number of H-pyrrole nitrogens is 1. The molecule has 0 bridgehead atoms. The number of ether oxygens (including phenoxy) is 1. The van der Waals surface area contributed by atoms with Gasteiger partial charge in [0.25, 0.3) is 0 Å². The Hall–Kier alpha value is -4.01. The molecule has 0 aliphatic carbocycles. The number of carbonyl (C=O) groups is 1. The fourth-order valence-corrected chi connectivity index (χ4v) is 4.07. The SMILES string of the molecule is C=CC(=O)N1CCN(c2ncnc3c(Oc4c(C)ccc5[nH]ncc45)nc(C)cc23)CC1. The number of carbonyl (C=O) groups excluding carboxylic acids is 1. The maximum atomic E-state index is 11.9. The van der Waals surface area contributed by atoms with Gasteiger partial charge >= 0.3 is 0 Å². The first-order valence-electron chi connectivity index (χ1n) is 10.4. The van der Waals surface area contributed by atoms with Gasteiger partial charge < -0.3 is 14.5 Å². The van der Waals surface area contributed by atoms with Crippen LogP contribution >= 0.6 is 0 Å². The second-order valence-corrected chi connectivity index (χ2v) is 7.82. The molecule has 4 aromatic rings. The van der Waals surface area contributed by atoms with Crippen LogP contribution in [0, 0.1) is 13.8 Å². The summed E-state index contributed by atoms with van der Waals surface area (Å²) in [5.41, 5.74) is 3.32. The van der Waals surface area contributed by atoms with E-state index < -0.39 is 0 Å². The van der Waals surface area contributed by atoms with E-state index in [2.05, 4.69) is 36.6 Å². The van der Waals surface area contributed by atoms with Crippen molar-refractivity contribution in [1.82, 2.24) is 30.0 Å². The molecule has 1 fully saturated rings. The maximum absolute atomic E-state index is 11.9. The largest absolute Gasteiger partial charge is 0.436 e. The first kappa shape index (κ1) is 19.9.